The molecule has 6 nitrogen and oxygen atoms in total. The zero-order valence-electron chi connectivity index (χ0n) is 13.0. The monoisotopic (exact) mass is 351 g/mol. The van der Waals surface area contributed by atoms with E-state index in [1.807, 2.05) is 0 Å². The fraction of sp³-hybridized carbons (Fsp3) is 0.571. The molecule has 0 heterocycles. The van der Waals surface area contributed by atoms with Crippen LogP contribution in [-0.4, -0.2) is 37.0 Å². The lowest BCUT2D eigenvalue weighted by atomic mass is 10.3. The van der Waals surface area contributed by atoms with Crippen molar-refractivity contribution < 1.29 is 23.5 Å². The van der Waals surface area contributed by atoms with Crippen molar-refractivity contribution in [1.29, 1.82) is 0 Å². The third kappa shape index (κ3) is 5.23. The highest BCUT2D eigenvalue weighted by Crippen LogP contribution is 2.54. The highest BCUT2D eigenvalue weighted by atomic mass is 35.5. The van der Waals surface area contributed by atoms with Crippen molar-refractivity contribution in [3.63, 3.8) is 0 Å². The fourth-order valence-electron chi connectivity index (χ4n) is 1.86. The lowest BCUT2D eigenvalue weighted by molar-refractivity contribution is -0.0953. The van der Waals surface area contributed by atoms with Crippen molar-refractivity contribution in [2.24, 2.45) is 0 Å². The Labute approximate surface area is 136 Å². The van der Waals surface area contributed by atoms with Crippen LogP contribution in [0.25, 0.3) is 0 Å². The van der Waals surface area contributed by atoms with E-state index in [4.69, 9.17) is 25.4 Å². The molecule has 0 aliphatic heterocycles. The van der Waals surface area contributed by atoms with E-state index in [0.29, 0.717) is 10.7 Å². The van der Waals surface area contributed by atoms with Crippen molar-refractivity contribution in [3.8, 4) is 0 Å². The summed E-state index contributed by atoms with van der Waals surface area (Å²) in [6.45, 7) is 5.73. The molecule has 2 N–H and O–H groups in total. The normalized spacial score (nSPS) is 14.6. The van der Waals surface area contributed by atoms with E-state index < -0.39 is 19.7 Å². The molecule has 0 spiro atoms. The molecule has 0 amide bonds. The molecule has 0 saturated carbocycles. The standard InChI is InChI=1S/C14H23ClNO5P/c1-4-19-14(17)13(22(18,20-5-2)21-6-3)16-12-10-8-7-9-11(12)15/h7-10,13-14,16-17H,4-6H2,1-3H3. The number of halogens is 1. The maximum atomic E-state index is 13.0. The van der Waals surface area contributed by atoms with Gasteiger partial charge in [-0.1, -0.05) is 23.7 Å². The number of benzene rings is 1. The predicted octanol–water partition coefficient (Wildman–Crippen LogP) is 3.70. The largest absolute Gasteiger partial charge is 0.366 e. The third-order valence-corrected chi connectivity index (χ3v) is 5.37. The molecule has 2 unspecified atom stereocenters. The minimum Gasteiger partial charge on any atom is -0.366 e. The summed E-state index contributed by atoms with van der Waals surface area (Å²) < 4.78 is 28.7. The van der Waals surface area contributed by atoms with E-state index in [1.165, 1.54) is 0 Å². The van der Waals surface area contributed by atoms with Gasteiger partial charge in [-0.3, -0.25) is 4.57 Å². The average Bonchev–Trinajstić information content (AvgIpc) is 2.47. The Morgan fingerprint density at radius 2 is 1.77 bits per heavy atom. The topological polar surface area (TPSA) is 77.0 Å². The minimum absolute atomic E-state index is 0.177. The van der Waals surface area contributed by atoms with Gasteiger partial charge in [-0.2, -0.15) is 0 Å². The molecule has 126 valence electrons. The summed E-state index contributed by atoms with van der Waals surface area (Å²) in [5.74, 6) is -1.09. The summed E-state index contributed by atoms with van der Waals surface area (Å²) in [6, 6.07) is 6.92. The van der Waals surface area contributed by atoms with Gasteiger partial charge in [0.25, 0.3) is 0 Å². The number of aliphatic hydroxyl groups excluding tert-OH is 1. The first-order chi connectivity index (χ1) is 10.5. The molecule has 1 aromatic carbocycles. The van der Waals surface area contributed by atoms with Gasteiger partial charge in [0.1, 0.15) is 0 Å². The Kier molecular flexibility index (Phi) is 8.39. The van der Waals surface area contributed by atoms with Gasteiger partial charge in [-0.25, -0.2) is 0 Å². The number of nitrogens with one attached hydrogen (secondary N) is 1. The summed E-state index contributed by atoms with van der Waals surface area (Å²) >= 11 is 6.10. The van der Waals surface area contributed by atoms with Gasteiger partial charge < -0.3 is 24.2 Å². The molecular formula is C14H23ClNO5P. The van der Waals surface area contributed by atoms with Crippen molar-refractivity contribution in [3.05, 3.63) is 29.3 Å². The molecule has 2 atom stereocenters. The van der Waals surface area contributed by atoms with Crippen molar-refractivity contribution in [1.82, 2.24) is 0 Å². The van der Waals surface area contributed by atoms with E-state index in [1.54, 1.807) is 45.0 Å². The predicted molar refractivity (Wildman–Crippen MR) is 87.4 cm³/mol. The molecule has 0 fully saturated rings. The smallest absolute Gasteiger partial charge is 0.357 e. The van der Waals surface area contributed by atoms with Crippen molar-refractivity contribution >= 4 is 24.9 Å². The summed E-state index contributed by atoms with van der Waals surface area (Å²) in [5.41, 5.74) is 0.507. The molecule has 0 bridgehead atoms. The number of rotatable bonds is 10. The lowest BCUT2D eigenvalue weighted by Crippen LogP contribution is -2.37. The first-order valence-electron chi connectivity index (χ1n) is 7.18. The molecule has 0 radical (unpaired) electrons. The summed E-state index contributed by atoms with van der Waals surface area (Å²) in [5, 5.41) is 13.5. The van der Waals surface area contributed by atoms with Gasteiger partial charge in [0.2, 0.25) is 0 Å². The van der Waals surface area contributed by atoms with Crippen LogP contribution in [0.15, 0.2) is 24.3 Å². The Morgan fingerprint density at radius 1 is 1.18 bits per heavy atom. The van der Waals surface area contributed by atoms with Crippen LogP contribution < -0.4 is 5.32 Å². The van der Waals surface area contributed by atoms with E-state index in [2.05, 4.69) is 5.32 Å². The summed E-state index contributed by atoms with van der Waals surface area (Å²) in [6.07, 6.45) is -1.37. The van der Waals surface area contributed by atoms with Crippen LogP contribution in [0.1, 0.15) is 20.8 Å². The van der Waals surface area contributed by atoms with Gasteiger partial charge in [0, 0.05) is 6.61 Å². The number of hydrogen-bond donors (Lipinski definition) is 2. The summed E-state index contributed by atoms with van der Waals surface area (Å²) in [4.78, 5) is 0. The molecule has 0 aliphatic rings. The maximum absolute atomic E-state index is 13.0. The Bertz CT molecular complexity index is 492. The van der Waals surface area contributed by atoms with Crippen LogP contribution in [0.3, 0.4) is 0 Å². The van der Waals surface area contributed by atoms with E-state index in [9.17, 15) is 9.67 Å². The molecule has 22 heavy (non-hydrogen) atoms. The molecule has 0 aliphatic carbocycles. The van der Waals surface area contributed by atoms with Gasteiger partial charge in [-0.05, 0) is 32.9 Å². The third-order valence-electron chi connectivity index (χ3n) is 2.74. The molecule has 1 rings (SSSR count). The molecule has 0 aromatic heterocycles. The molecular weight excluding hydrogens is 329 g/mol. The number of para-hydroxylation sites is 1. The van der Waals surface area contributed by atoms with E-state index in [-0.39, 0.29) is 19.8 Å². The van der Waals surface area contributed by atoms with E-state index in [0.717, 1.165) is 0 Å². The second kappa shape index (κ2) is 9.50. The number of ether oxygens (including phenoxy) is 1. The van der Waals surface area contributed by atoms with Gasteiger partial charge in [0.05, 0.1) is 23.9 Å². The van der Waals surface area contributed by atoms with Crippen molar-refractivity contribution in [2.45, 2.75) is 32.8 Å². The highest BCUT2D eigenvalue weighted by Gasteiger charge is 2.41. The Hall–Kier alpha value is -0.620. The maximum Gasteiger partial charge on any atom is 0.357 e. The second-order valence-corrected chi connectivity index (χ2v) is 6.85. The number of anilines is 1. The Morgan fingerprint density at radius 3 is 2.27 bits per heavy atom. The molecule has 8 heteroatoms. The zero-order chi connectivity index (χ0) is 16.6. The lowest BCUT2D eigenvalue weighted by Gasteiger charge is -2.31. The first-order valence-corrected chi connectivity index (χ1v) is 9.17. The van der Waals surface area contributed by atoms with Crippen LogP contribution in [-0.2, 0) is 18.3 Å². The van der Waals surface area contributed by atoms with E-state index >= 15 is 0 Å². The molecule has 1 aromatic rings. The minimum atomic E-state index is -3.65. The highest BCUT2D eigenvalue weighted by molar-refractivity contribution is 7.54. The zero-order valence-corrected chi connectivity index (χ0v) is 14.6. The summed E-state index contributed by atoms with van der Waals surface area (Å²) in [7, 11) is -3.65. The van der Waals surface area contributed by atoms with Crippen LogP contribution in [0, 0.1) is 0 Å². The number of aliphatic hydroxyl groups is 1. The number of hydrogen-bond acceptors (Lipinski definition) is 6. The Balaban J connectivity index is 3.11. The molecule has 0 saturated heterocycles. The van der Waals surface area contributed by atoms with Gasteiger partial charge in [0.15, 0.2) is 12.1 Å². The quantitative estimate of drug-likeness (QED) is 0.494. The van der Waals surface area contributed by atoms with Crippen LogP contribution >= 0.6 is 19.2 Å². The van der Waals surface area contributed by atoms with Crippen LogP contribution in [0.2, 0.25) is 5.02 Å². The van der Waals surface area contributed by atoms with Gasteiger partial charge in [-0.15, -0.1) is 0 Å². The van der Waals surface area contributed by atoms with Gasteiger partial charge >= 0.3 is 7.60 Å². The fourth-order valence-corrected chi connectivity index (χ4v) is 3.87. The average molecular weight is 352 g/mol. The van der Waals surface area contributed by atoms with Crippen LogP contribution in [0.5, 0.6) is 0 Å². The second-order valence-electron chi connectivity index (χ2n) is 4.29. The first kappa shape index (κ1) is 19.4. The SMILES string of the molecule is CCOC(O)C(Nc1ccccc1Cl)P(=O)(OCC)OCC. The van der Waals surface area contributed by atoms with Crippen LogP contribution in [0.4, 0.5) is 5.69 Å². The van der Waals surface area contributed by atoms with Crippen molar-refractivity contribution in [2.75, 3.05) is 25.1 Å².